The fourth-order valence-electron chi connectivity index (χ4n) is 2.19. The number of esters is 1. The minimum absolute atomic E-state index is 0.292. The summed E-state index contributed by atoms with van der Waals surface area (Å²) >= 11 is 0. The van der Waals surface area contributed by atoms with Crippen molar-refractivity contribution in [1.82, 2.24) is 4.98 Å². The quantitative estimate of drug-likeness (QED) is 0.491. The number of hydrogen-bond donors (Lipinski definition) is 0. The van der Waals surface area contributed by atoms with Crippen molar-refractivity contribution in [3.63, 3.8) is 0 Å². The van der Waals surface area contributed by atoms with Gasteiger partial charge >= 0.3 is 5.97 Å². The number of nitrogens with zero attached hydrogens (tertiary/aromatic N) is 1. The largest absolute Gasteiger partial charge is 0.494 e. The van der Waals surface area contributed by atoms with Gasteiger partial charge in [-0.25, -0.2) is 4.98 Å². The van der Waals surface area contributed by atoms with Crippen LogP contribution in [0.15, 0.2) is 24.3 Å². The molecule has 0 spiro atoms. The van der Waals surface area contributed by atoms with E-state index in [1.54, 1.807) is 19.2 Å². The minimum atomic E-state index is -0.854. The highest BCUT2D eigenvalue weighted by Crippen LogP contribution is 2.28. The molecule has 1 unspecified atom stereocenters. The molecule has 0 radical (unpaired) electrons. The van der Waals surface area contributed by atoms with Crippen LogP contribution in [0.4, 0.5) is 0 Å². The van der Waals surface area contributed by atoms with Crippen molar-refractivity contribution in [2.75, 3.05) is 14.2 Å². The van der Waals surface area contributed by atoms with Crippen molar-refractivity contribution in [2.24, 2.45) is 5.92 Å². The number of benzene rings is 1. The molecule has 0 aliphatic rings. The van der Waals surface area contributed by atoms with Crippen LogP contribution in [0.1, 0.15) is 23.0 Å². The van der Waals surface area contributed by atoms with E-state index in [1.807, 2.05) is 19.1 Å². The van der Waals surface area contributed by atoms with Gasteiger partial charge in [0.2, 0.25) is 0 Å². The fraction of sp³-hybridized carbons (Fsp3) is 0.312. The van der Waals surface area contributed by atoms with Crippen molar-refractivity contribution in [2.45, 2.75) is 13.8 Å². The summed E-state index contributed by atoms with van der Waals surface area (Å²) in [5, 5.41) is 0.667. The molecule has 0 bridgehead atoms. The van der Waals surface area contributed by atoms with Gasteiger partial charge in [-0.3, -0.25) is 9.59 Å². The Kier molecular flexibility index (Phi) is 4.21. The highest BCUT2D eigenvalue weighted by atomic mass is 16.5. The number of ether oxygens (including phenoxy) is 2. The number of pyridine rings is 1. The maximum atomic E-state index is 12.5. The molecule has 1 atom stereocenters. The first-order chi connectivity index (χ1) is 9.99. The van der Waals surface area contributed by atoms with Crippen LogP contribution in [-0.2, 0) is 9.53 Å². The van der Waals surface area contributed by atoms with Crippen LogP contribution in [0.25, 0.3) is 10.9 Å². The lowest BCUT2D eigenvalue weighted by Gasteiger charge is -2.12. The lowest BCUT2D eigenvalue weighted by Crippen LogP contribution is -2.22. The second kappa shape index (κ2) is 5.91. The zero-order valence-electron chi connectivity index (χ0n) is 12.5. The number of carbonyl (C=O) groups is 2. The Morgan fingerprint density at radius 2 is 1.86 bits per heavy atom. The topological polar surface area (TPSA) is 65.5 Å². The van der Waals surface area contributed by atoms with Gasteiger partial charge in [-0.2, -0.15) is 0 Å². The smallest absolute Gasteiger partial charge is 0.316 e. The standard InChI is InChI=1S/C16H17NO4/c1-9-5-6-11-12(15(18)10(2)16(19)21-4)7-8-13(20-3)14(11)17-9/h5-8,10H,1-4H3. The van der Waals surface area contributed by atoms with Crippen LogP contribution < -0.4 is 4.74 Å². The SMILES string of the molecule is COC(=O)C(C)C(=O)c1ccc(OC)c2nc(C)ccc12. The number of fused-ring (bicyclic) bond motifs is 1. The van der Waals surface area contributed by atoms with Crippen molar-refractivity contribution in [3.8, 4) is 5.75 Å². The van der Waals surface area contributed by atoms with Crippen LogP contribution in [0.3, 0.4) is 0 Å². The van der Waals surface area contributed by atoms with Gasteiger partial charge in [0.15, 0.2) is 5.78 Å². The summed E-state index contributed by atoms with van der Waals surface area (Å²) in [6.45, 7) is 3.40. The van der Waals surface area contributed by atoms with E-state index < -0.39 is 11.9 Å². The van der Waals surface area contributed by atoms with Crippen LogP contribution in [0, 0.1) is 12.8 Å². The van der Waals surface area contributed by atoms with E-state index in [4.69, 9.17) is 4.74 Å². The molecular formula is C16H17NO4. The molecule has 21 heavy (non-hydrogen) atoms. The van der Waals surface area contributed by atoms with Crippen LogP contribution in [0.2, 0.25) is 0 Å². The normalized spacial score (nSPS) is 12.0. The number of methoxy groups -OCH3 is 2. The van der Waals surface area contributed by atoms with Crippen molar-refractivity contribution < 1.29 is 19.1 Å². The predicted molar refractivity (Wildman–Crippen MR) is 78.5 cm³/mol. The minimum Gasteiger partial charge on any atom is -0.494 e. The zero-order valence-corrected chi connectivity index (χ0v) is 12.5. The molecule has 0 saturated heterocycles. The first kappa shape index (κ1) is 15.0. The van der Waals surface area contributed by atoms with E-state index >= 15 is 0 Å². The Labute approximate surface area is 122 Å². The molecule has 1 heterocycles. The van der Waals surface area contributed by atoms with Crippen LogP contribution >= 0.6 is 0 Å². The highest BCUT2D eigenvalue weighted by molar-refractivity contribution is 6.15. The average molecular weight is 287 g/mol. The first-order valence-corrected chi connectivity index (χ1v) is 6.56. The molecule has 0 aliphatic heterocycles. The summed E-state index contributed by atoms with van der Waals surface area (Å²) in [5.41, 5.74) is 1.88. The van der Waals surface area contributed by atoms with Crippen LogP contribution in [0.5, 0.6) is 5.75 Å². The predicted octanol–water partition coefficient (Wildman–Crippen LogP) is 2.54. The third-order valence-corrected chi connectivity index (χ3v) is 3.39. The van der Waals surface area contributed by atoms with E-state index in [-0.39, 0.29) is 5.78 Å². The first-order valence-electron chi connectivity index (χ1n) is 6.56. The van der Waals surface area contributed by atoms with E-state index in [1.165, 1.54) is 14.0 Å². The molecule has 110 valence electrons. The van der Waals surface area contributed by atoms with Crippen molar-refractivity contribution in [1.29, 1.82) is 0 Å². The van der Waals surface area contributed by atoms with Crippen molar-refractivity contribution >= 4 is 22.7 Å². The highest BCUT2D eigenvalue weighted by Gasteiger charge is 2.25. The van der Waals surface area contributed by atoms with Crippen LogP contribution in [-0.4, -0.2) is 31.0 Å². The van der Waals surface area contributed by atoms with Gasteiger partial charge in [0.1, 0.15) is 17.2 Å². The monoisotopic (exact) mass is 287 g/mol. The van der Waals surface area contributed by atoms with E-state index in [9.17, 15) is 9.59 Å². The number of hydrogen-bond acceptors (Lipinski definition) is 5. The second-order valence-electron chi connectivity index (χ2n) is 4.77. The number of carbonyl (C=O) groups excluding carboxylic acids is 2. The lowest BCUT2D eigenvalue weighted by atomic mass is 9.95. The Bertz CT molecular complexity index is 709. The van der Waals surface area contributed by atoms with Gasteiger partial charge in [-0.15, -0.1) is 0 Å². The number of ketones is 1. The van der Waals surface area contributed by atoms with E-state index in [2.05, 4.69) is 9.72 Å². The molecule has 0 amide bonds. The van der Waals surface area contributed by atoms with E-state index in [0.29, 0.717) is 22.2 Å². The molecule has 5 heteroatoms. The van der Waals surface area contributed by atoms with E-state index in [0.717, 1.165) is 5.69 Å². The van der Waals surface area contributed by atoms with Gasteiger partial charge in [0, 0.05) is 16.6 Å². The third-order valence-electron chi connectivity index (χ3n) is 3.39. The molecule has 1 aromatic carbocycles. The van der Waals surface area contributed by atoms with Crippen molar-refractivity contribution in [3.05, 3.63) is 35.5 Å². The second-order valence-corrected chi connectivity index (χ2v) is 4.77. The molecule has 5 nitrogen and oxygen atoms in total. The van der Waals surface area contributed by atoms with Gasteiger partial charge < -0.3 is 9.47 Å². The third kappa shape index (κ3) is 2.72. The van der Waals surface area contributed by atoms with Gasteiger partial charge in [0.25, 0.3) is 0 Å². The Morgan fingerprint density at radius 1 is 1.14 bits per heavy atom. The number of aromatic nitrogens is 1. The number of rotatable bonds is 4. The summed E-state index contributed by atoms with van der Waals surface area (Å²) in [7, 11) is 2.82. The summed E-state index contributed by atoms with van der Waals surface area (Å²) in [6.07, 6.45) is 0. The summed E-state index contributed by atoms with van der Waals surface area (Å²) in [5.74, 6) is -1.10. The molecule has 2 aromatic rings. The molecule has 1 aromatic heterocycles. The van der Waals surface area contributed by atoms with Gasteiger partial charge in [0.05, 0.1) is 14.2 Å². The average Bonchev–Trinajstić information content (AvgIpc) is 2.51. The van der Waals surface area contributed by atoms with Gasteiger partial charge in [-0.1, -0.05) is 6.07 Å². The maximum absolute atomic E-state index is 12.5. The summed E-state index contributed by atoms with van der Waals surface area (Å²) in [6, 6.07) is 6.98. The molecule has 0 saturated carbocycles. The number of aryl methyl sites for hydroxylation is 1. The summed E-state index contributed by atoms with van der Waals surface area (Å²) in [4.78, 5) is 28.5. The summed E-state index contributed by atoms with van der Waals surface area (Å²) < 4.78 is 9.91. The maximum Gasteiger partial charge on any atom is 0.316 e. The lowest BCUT2D eigenvalue weighted by molar-refractivity contribution is -0.143. The number of Topliss-reactive ketones (excluding diaryl/α,β-unsaturated/α-hetero) is 1. The molecule has 2 rings (SSSR count). The fourth-order valence-corrected chi connectivity index (χ4v) is 2.19. The molecule has 0 N–H and O–H groups in total. The zero-order chi connectivity index (χ0) is 15.6. The molecule has 0 fully saturated rings. The molecule has 0 aliphatic carbocycles. The Morgan fingerprint density at radius 3 is 2.48 bits per heavy atom. The van der Waals surface area contributed by atoms with Gasteiger partial charge in [-0.05, 0) is 32.0 Å². The Balaban J connectivity index is 2.60. The Hall–Kier alpha value is -2.43. The molecular weight excluding hydrogens is 270 g/mol.